The second-order valence-corrected chi connectivity index (χ2v) is 7.80. The van der Waals surface area contributed by atoms with Crippen LogP contribution in [0.5, 0.6) is 0 Å². The number of hydrogen-bond acceptors (Lipinski definition) is 4. The molecule has 136 valence electrons. The number of aliphatic hydroxyl groups is 2. The molecule has 1 aromatic carbocycles. The maximum absolute atomic E-state index is 9.84. The van der Waals surface area contributed by atoms with Gasteiger partial charge in [-0.2, -0.15) is 5.10 Å². The van der Waals surface area contributed by atoms with Gasteiger partial charge in [0.25, 0.3) is 0 Å². The fraction of sp³-hybridized carbons (Fsp3) is 0.550. The summed E-state index contributed by atoms with van der Waals surface area (Å²) >= 11 is 0. The largest absolute Gasteiger partial charge is 0.390 e. The molecule has 5 nitrogen and oxygen atoms in total. The zero-order valence-electron chi connectivity index (χ0n) is 15.4. The van der Waals surface area contributed by atoms with Gasteiger partial charge < -0.3 is 10.2 Å². The Balaban J connectivity index is 1.57. The van der Waals surface area contributed by atoms with Crippen LogP contribution in [0.2, 0.25) is 0 Å². The van der Waals surface area contributed by atoms with Gasteiger partial charge in [-0.1, -0.05) is 24.3 Å². The van der Waals surface area contributed by atoms with Gasteiger partial charge >= 0.3 is 0 Å². The van der Waals surface area contributed by atoms with Crippen molar-refractivity contribution < 1.29 is 10.2 Å². The van der Waals surface area contributed by atoms with E-state index in [1.807, 2.05) is 24.6 Å². The number of aromatic nitrogens is 2. The zero-order chi connectivity index (χ0) is 18.0. The van der Waals surface area contributed by atoms with Gasteiger partial charge in [-0.15, -0.1) is 0 Å². The first kappa shape index (κ1) is 18.1. The van der Waals surface area contributed by atoms with E-state index >= 15 is 0 Å². The van der Waals surface area contributed by atoms with Gasteiger partial charge in [0.05, 0.1) is 29.6 Å². The minimum Gasteiger partial charge on any atom is -0.390 e. The summed E-state index contributed by atoms with van der Waals surface area (Å²) in [5.41, 5.74) is 3.89. The molecule has 1 atom stereocenters. The lowest BCUT2D eigenvalue weighted by Crippen LogP contribution is -2.33. The third-order valence-electron chi connectivity index (χ3n) is 4.78. The molecule has 0 radical (unpaired) electrons. The van der Waals surface area contributed by atoms with E-state index in [1.54, 1.807) is 6.92 Å². The van der Waals surface area contributed by atoms with Crippen molar-refractivity contribution in [3.05, 3.63) is 52.8 Å². The molecule has 1 aromatic heterocycles. The Kier molecular flexibility index (Phi) is 5.27. The Bertz CT molecular complexity index is 699. The van der Waals surface area contributed by atoms with Crippen molar-refractivity contribution in [2.75, 3.05) is 6.54 Å². The average Bonchev–Trinajstić information content (AvgIpc) is 2.97. The van der Waals surface area contributed by atoms with Crippen molar-refractivity contribution in [1.82, 2.24) is 14.7 Å². The number of nitrogens with zero attached hydrogens (tertiary/aromatic N) is 3. The molecule has 1 unspecified atom stereocenters. The van der Waals surface area contributed by atoms with Crippen LogP contribution in [0, 0.1) is 0 Å². The fourth-order valence-corrected chi connectivity index (χ4v) is 3.20. The van der Waals surface area contributed by atoms with Gasteiger partial charge in [-0.3, -0.25) is 9.58 Å². The lowest BCUT2D eigenvalue weighted by Gasteiger charge is -2.27. The predicted octanol–water partition coefficient (Wildman–Crippen LogP) is 2.66. The molecule has 3 rings (SSSR count). The van der Waals surface area contributed by atoms with Crippen LogP contribution in [-0.2, 0) is 26.1 Å². The Morgan fingerprint density at radius 3 is 2.48 bits per heavy atom. The molecular weight excluding hydrogens is 314 g/mol. The summed E-state index contributed by atoms with van der Waals surface area (Å²) in [7, 11) is 0. The van der Waals surface area contributed by atoms with Crippen LogP contribution < -0.4 is 0 Å². The highest BCUT2D eigenvalue weighted by molar-refractivity contribution is 5.23. The molecule has 0 saturated heterocycles. The molecule has 0 fully saturated rings. The quantitative estimate of drug-likeness (QED) is 0.846. The lowest BCUT2D eigenvalue weighted by molar-refractivity contribution is 0.0714. The fourth-order valence-electron chi connectivity index (χ4n) is 3.20. The van der Waals surface area contributed by atoms with Gasteiger partial charge in [-0.25, -0.2) is 0 Å². The lowest BCUT2D eigenvalue weighted by atomic mass is 9.98. The summed E-state index contributed by atoms with van der Waals surface area (Å²) in [5, 5.41) is 24.0. The molecule has 25 heavy (non-hydrogen) atoms. The van der Waals surface area contributed by atoms with Crippen LogP contribution >= 0.6 is 0 Å². The zero-order valence-corrected chi connectivity index (χ0v) is 15.4. The summed E-state index contributed by atoms with van der Waals surface area (Å²) in [4.78, 5) is 2.41. The molecule has 5 heteroatoms. The van der Waals surface area contributed by atoms with Crippen LogP contribution in [-0.4, -0.2) is 37.0 Å². The Hall–Kier alpha value is -1.69. The van der Waals surface area contributed by atoms with Crippen molar-refractivity contribution in [3.63, 3.8) is 0 Å². The van der Waals surface area contributed by atoms with E-state index in [-0.39, 0.29) is 0 Å². The predicted molar refractivity (Wildman–Crippen MR) is 98.0 cm³/mol. The molecule has 0 amide bonds. The Morgan fingerprint density at radius 2 is 1.84 bits per heavy atom. The highest BCUT2D eigenvalue weighted by atomic mass is 16.3. The van der Waals surface area contributed by atoms with Crippen LogP contribution in [0.4, 0.5) is 0 Å². The summed E-state index contributed by atoms with van der Waals surface area (Å²) < 4.78 is 2.01. The number of rotatable bonds is 6. The highest BCUT2D eigenvalue weighted by Gasteiger charge is 2.20. The summed E-state index contributed by atoms with van der Waals surface area (Å²) in [5.74, 6) is 0. The molecule has 0 spiro atoms. The first-order valence-corrected chi connectivity index (χ1v) is 9.07. The van der Waals surface area contributed by atoms with Crippen molar-refractivity contribution in [2.24, 2.45) is 0 Å². The molecule has 1 aliphatic rings. The summed E-state index contributed by atoms with van der Waals surface area (Å²) in [6.45, 7) is 9.07. The third-order valence-corrected chi connectivity index (χ3v) is 4.78. The number of benzene rings is 1. The first-order chi connectivity index (χ1) is 11.8. The normalized spacial score (nSPS) is 16.7. The number of aliphatic hydroxyl groups excluding tert-OH is 1. The van der Waals surface area contributed by atoms with E-state index in [0.717, 1.165) is 44.7 Å². The van der Waals surface area contributed by atoms with E-state index in [0.29, 0.717) is 0 Å². The van der Waals surface area contributed by atoms with Crippen molar-refractivity contribution >= 4 is 0 Å². The standard InChI is InChI=1S/C20H29N3O2/c1-15(24)19-12-18-14-22(10-11-23(18)21-19)13-17-6-4-16(5-7-17)8-9-20(2,3)25/h4-7,12,15,24-25H,8-11,13-14H2,1-3H3. The Morgan fingerprint density at radius 1 is 1.16 bits per heavy atom. The molecule has 0 bridgehead atoms. The molecule has 2 heterocycles. The molecule has 2 aromatic rings. The molecule has 2 N–H and O–H groups in total. The van der Waals surface area contributed by atoms with E-state index in [2.05, 4.69) is 34.3 Å². The monoisotopic (exact) mass is 343 g/mol. The van der Waals surface area contributed by atoms with Gasteiger partial charge in [0.15, 0.2) is 0 Å². The maximum Gasteiger partial charge on any atom is 0.0950 e. The topological polar surface area (TPSA) is 61.5 Å². The van der Waals surface area contributed by atoms with Gasteiger partial charge in [-0.05, 0) is 50.8 Å². The molecule has 0 saturated carbocycles. The highest BCUT2D eigenvalue weighted by Crippen LogP contribution is 2.20. The number of aryl methyl sites for hydroxylation is 1. The van der Waals surface area contributed by atoms with Crippen molar-refractivity contribution in [1.29, 1.82) is 0 Å². The van der Waals surface area contributed by atoms with E-state index in [1.165, 1.54) is 16.8 Å². The van der Waals surface area contributed by atoms with E-state index in [4.69, 9.17) is 0 Å². The number of fused-ring (bicyclic) bond motifs is 1. The van der Waals surface area contributed by atoms with Crippen molar-refractivity contribution in [3.8, 4) is 0 Å². The van der Waals surface area contributed by atoms with Gasteiger partial charge in [0.1, 0.15) is 0 Å². The minimum atomic E-state index is -0.611. The smallest absolute Gasteiger partial charge is 0.0950 e. The summed E-state index contributed by atoms with van der Waals surface area (Å²) in [6.07, 6.45) is 1.16. The Labute approximate surface area is 149 Å². The van der Waals surface area contributed by atoms with E-state index in [9.17, 15) is 10.2 Å². The van der Waals surface area contributed by atoms with Crippen LogP contribution in [0.3, 0.4) is 0 Å². The first-order valence-electron chi connectivity index (χ1n) is 9.07. The third kappa shape index (κ3) is 4.91. The second kappa shape index (κ2) is 7.28. The van der Waals surface area contributed by atoms with E-state index < -0.39 is 11.7 Å². The average molecular weight is 343 g/mol. The molecule has 1 aliphatic heterocycles. The second-order valence-electron chi connectivity index (χ2n) is 7.80. The van der Waals surface area contributed by atoms with Gasteiger partial charge in [0.2, 0.25) is 0 Å². The molecule has 0 aliphatic carbocycles. The van der Waals surface area contributed by atoms with Crippen LogP contribution in [0.15, 0.2) is 30.3 Å². The molecular formula is C20H29N3O2. The maximum atomic E-state index is 9.84. The number of hydrogen-bond donors (Lipinski definition) is 2. The van der Waals surface area contributed by atoms with Crippen LogP contribution in [0.25, 0.3) is 0 Å². The minimum absolute atomic E-state index is 0.511. The van der Waals surface area contributed by atoms with Gasteiger partial charge in [0, 0.05) is 19.6 Å². The SMILES string of the molecule is CC(O)c1cc2n(n1)CCN(Cc1ccc(CCC(C)(C)O)cc1)C2. The van der Waals surface area contributed by atoms with Crippen LogP contribution in [0.1, 0.15) is 55.8 Å². The van der Waals surface area contributed by atoms with Crippen molar-refractivity contribution in [2.45, 2.75) is 65.0 Å². The summed E-state index contributed by atoms with van der Waals surface area (Å²) in [6, 6.07) is 10.7.